The molecule has 0 fully saturated rings. The molecule has 0 aliphatic heterocycles. The van der Waals surface area contributed by atoms with E-state index in [1.165, 1.54) is 0 Å². The molecule has 0 aliphatic rings. The van der Waals surface area contributed by atoms with Crippen molar-refractivity contribution in [2.75, 3.05) is 35.5 Å². The first-order chi connectivity index (χ1) is 17.5. The molecular formula is C28H28N2O6. The molecule has 4 aromatic rings. The normalized spacial score (nSPS) is 10.6. The lowest BCUT2D eigenvalue weighted by molar-refractivity contribution is 0.0952. The quantitative estimate of drug-likeness (QED) is 0.359. The largest absolute Gasteiger partial charge is 0.497 e. The van der Waals surface area contributed by atoms with Gasteiger partial charge in [0.2, 0.25) is 5.75 Å². The number of rotatable bonds is 9. The Kier molecular flexibility index (Phi) is 7.44. The standard InChI is InChI=1S/C28H28N2O6/c1-32-19-10-17(11-20(14-19)33-2)16-29-28(31)22-15-24(30-23-9-7-6-8-21(22)23)18-12-25(34-3)27(36-5)26(13-18)35-4/h6-15H,16H2,1-5H3,(H,29,31). The monoisotopic (exact) mass is 488 g/mol. The molecule has 3 aromatic carbocycles. The summed E-state index contributed by atoms with van der Waals surface area (Å²) < 4.78 is 27.1. The highest BCUT2D eigenvalue weighted by Crippen LogP contribution is 2.41. The lowest BCUT2D eigenvalue weighted by Gasteiger charge is -2.15. The van der Waals surface area contributed by atoms with E-state index < -0.39 is 0 Å². The van der Waals surface area contributed by atoms with Crippen LogP contribution in [-0.4, -0.2) is 46.4 Å². The Morgan fingerprint density at radius 1 is 0.778 bits per heavy atom. The van der Waals surface area contributed by atoms with Gasteiger partial charge in [-0.05, 0) is 42.0 Å². The fraction of sp³-hybridized carbons (Fsp3) is 0.214. The number of carbonyl (C=O) groups is 1. The molecule has 1 heterocycles. The summed E-state index contributed by atoms with van der Waals surface area (Å²) in [4.78, 5) is 18.2. The Bertz CT molecular complexity index is 1360. The number of amides is 1. The molecule has 36 heavy (non-hydrogen) atoms. The van der Waals surface area contributed by atoms with Crippen molar-refractivity contribution in [3.63, 3.8) is 0 Å². The van der Waals surface area contributed by atoms with Crippen LogP contribution >= 0.6 is 0 Å². The maximum absolute atomic E-state index is 13.4. The van der Waals surface area contributed by atoms with Crippen molar-refractivity contribution in [3.05, 3.63) is 71.8 Å². The number of para-hydroxylation sites is 1. The fourth-order valence-electron chi connectivity index (χ4n) is 3.99. The highest BCUT2D eigenvalue weighted by atomic mass is 16.5. The molecule has 0 spiro atoms. The Balaban J connectivity index is 1.73. The van der Waals surface area contributed by atoms with Gasteiger partial charge < -0.3 is 29.0 Å². The van der Waals surface area contributed by atoms with Crippen molar-refractivity contribution in [2.45, 2.75) is 6.54 Å². The molecule has 4 rings (SSSR count). The van der Waals surface area contributed by atoms with Crippen LogP contribution in [0.3, 0.4) is 0 Å². The molecular weight excluding hydrogens is 460 g/mol. The Morgan fingerprint density at radius 2 is 1.42 bits per heavy atom. The van der Waals surface area contributed by atoms with E-state index >= 15 is 0 Å². The zero-order valence-electron chi connectivity index (χ0n) is 20.9. The maximum Gasteiger partial charge on any atom is 0.252 e. The minimum Gasteiger partial charge on any atom is -0.497 e. The number of pyridine rings is 1. The van der Waals surface area contributed by atoms with Crippen molar-refractivity contribution >= 4 is 16.8 Å². The zero-order chi connectivity index (χ0) is 25.7. The number of nitrogens with one attached hydrogen (secondary N) is 1. The number of nitrogens with zero attached hydrogens (tertiary/aromatic N) is 1. The summed E-state index contributed by atoms with van der Waals surface area (Å²) in [5, 5.41) is 3.75. The molecule has 8 nitrogen and oxygen atoms in total. The van der Waals surface area contributed by atoms with Crippen molar-refractivity contribution in [1.82, 2.24) is 10.3 Å². The van der Waals surface area contributed by atoms with Crippen molar-refractivity contribution < 1.29 is 28.5 Å². The van der Waals surface area contributed by atoms with Gasteiger partial charge in [-0.1, -0.05) is 18.2 Å². The molecule has 0 bridgehead atoms. The van der Waals surface area contributed by atoms with Crippen molar-refractivity contribution in [1.29, 1.82) is 0 Å². The van der Waals surface area contributed by atoms with Crippen LogP contribution in [0.1, 0.15) is 15.9 Å². The fourth-order valence-corrected chi connectivity index (χ4v) is 3.99. The van der Waals surface area contributed by atoms with Crippen LogP contribution in [0.5, 0.6) is 28.7 Å². The Labute approximate surface area is 209 Å². The lowest BCUT2D eigenvalue weighted by atomic mass is 10.0. The van der Waals surface area contributed by atoms with E-state index in [1.807, 2.05) is 48.5 Å². The molecule has 1 N–H and O–H groups in total. The third-order valence-corrected chi connectivity index (χ3v) is 5.79. The zero-order valence-corrected chi connectivity index (χ0v) is 20.9. The summed E-state index contributed by atoms with van der Waals surface area (Å²) >= 11 is 0. The van der Waals surface area contributed by atoms with E-state index in [2.05, 4.69) is 5.32 Å². The van der Waals surface area contributed by atoms with E-state index in [9.17, 15) is 4.79 Å². The highest BCUT2D eigenvalue weighted by Gasteiger charge is 2.18. The van der Waals surface area contributed by atoms with Crippen LogP contribution in [0.15, 0.2) is 60.7 Å². The molecule has 8 heteroatoms. The Morgan fingerprint density at radius 3 is 2.00 bits per heavy atom. The molecule has 0 aliphatic carbocycles. The van der Waals surface area contributed by atoms with E-state index in [4.69, 9.17) is 28.7 Å². The van der Waals surface area contributed by atoms with Crippen LogP contribution in [0.25, 0.3) is 22.2 Å². The predicted molar refractivity (Wildman–Crippen MR) is 138 cm³/mol. The van der Waals surface area contributed by atoms with Crippen molar-refractivity contribution in [2.24, 2.45) is 0 Å². The summed E-state index contributed by atoms with van der Waals surface area (Å²) in [5.41, 5.74) is 3.36. The second kappa shape index (κ2) is 10.9. The van der Waals surface area contributed by atoms with Gasteiger partial charge in [-0.15, -0.1) is 0 Å². The van der Waals surface area contributed by atoms with Crippen LogP contribution < -0.4 is 29.0 Å². The average Bonchev–Trinajstić information content (AvgIpc) is 2.93. The van der Waals surface area contributed by atoms with Gasteiger partial charge in [0.05, 0.1) is 52.3 Å². The molecule has 1 amide bonds. The second-order valence-electron chi connectivity index (χ2n) is 7.89. The van der Waals surface area contributed by atoms with Crippen LogP contribution in [0, 0.1) is 0 Å². The smallest absolute Gasteiger partial charge is 0.252 e. The maximum atomic E-state index is 13.4. The summed E-state index contributed by atoms with van der Waals surface area (Å²) in [5.74, 6) is 2.55. The highest BCUT2D eigenvalue weighted by molar-refractivity contribution is 6.07. The number of methoxy groups -OCH3 is 5. The lowest BCUT2D eigenvalue weighted by Crippen LogP contribution is -2.23. The summed E-state index contributed by atoms with van der Waals surface area (Å²) in [7, 11) is 7.84. The summed E-state index contributed by atoms with van der Waals surface area (Å²) in [6, 6.07) is 18.4. The van der Waals surface area contributed by atoms with Gasteiger partial charge in [0.15, 0.2) is 11.5 Å². The third-order valence-electron chi connectivity index (χ3n) is 5.79. The SMILES string of the molecule is COc1cc(CNC(=O)c2cc(-c3cc(OC)c(OC)c(OC)c3)nc3ccccc23)cc(OC)c1. The molecule has 0 saturated carbocycles. The molecule has 0 radical (unpaired) electrons. The number of aromatic nitrogens is 1. The number of ether oxygens (including phenoxy) is 5. The van der Waals surface area contributed by atoms with Gasteiger partial charge in [-0.2, -0.15) is 0 Å². The minimum atomic E-state index is -0.232. The van der Waals surface area contributed by atoms with Gasteiger partial charge in [0.1, 0.15) is 11.5 Å². The average molecular weight is 489 g/mol. The van der Waals surface area contributed by atoms with Gasteiger partial charge in [0.25, 0.3) is 5.91 Å². The number of hydrogen-bond acceptors (Lipinski definition) is 7. The summed E-state index contributed by atoms with van der Waals surface area (Å²) in [6.45, 7) is 0.294. The summed E-state index contributed by atoms with van der Waals surface area (Å²) in [6.07, 6.45) is 0. The molecule has 0 unspecified atom stereocenters. The first kappa shape index (κ1) is 24.7. The van der Waals surface area contributed by atoms with Gasteiger partial charge in [-0.25, -0.2) is 4.98 Å². The number of fused-ring (bicyclic) bond motifs is 1. The van der Waals surface area contributed by atoms with Crippen LogP contribution in [0.2, 0.25) is 0 Å². The minimum absolute atomic E-state index is 0.232. The van der Waals surface area contributed by atoms with Gasteiger partial charge in [0, 0.05) is 23.6 Å². The van der Waals surface area contributed by atoms with E-state index in [0.29, 0.717) is 52.1 Å². The van der Waals surface area contributed by atoms with Crippen LogP contribution in [-0.2, 0) is 6.54 Å². The number of hydrogen-bond donors (Lipinski definition) is 1. The van der Waals surface area contributed by atoms with Gasteiger partial charge >= 0.3 is 0 Å². The molecule has 1 aromatic heterocycles. The van der Waals surface area contributed by atoms with E-state index in [0.717, 1.165) is 16.5 Å². The molecule has 186 valence electrons. The first-order valence-electron chi connectivity index (χ1n) is 11.2. The molecule has 0 saturated heterocycles. The van der Waals surface area contributed by atoms with Crippen LogP contribution in [0.4, 0.5) is 0 Å². The van der Waals surface area contributed by atoms with Gasteiger partial charge in [-0.3, -0.25) is 4.79 Å². The van der Waals surface area contributed by atoms with E-state index in [1.54, 1.807) is 47.7 Å². The number of benzene rings is 3. The first-order valence-corrected chi connectivity index (χ1v) is 11.2. The Hall–Kier alpha value is -4.46. The van der Waals surface area contributed by atoms with E-state index in [-0.39, 0.29) is 5.91 Å². The third kappa shape index (κ3) is 4.98. The predicted octanol–water partition coefficient (Wildman–Crippen LogP) is 4.87. The number of carbonyl (C=O) groups excluding carboxylic acids is 1. The molecule has 0 atom stereocenters. The van der Waals surface area contributed by atoms with Crippen molar-refractivity contribution in [3.8, 4) is 40.0 Å². The topological polar surface area (TPSA) is 88.1 Å². The second-order valence-corrected chi connectivity index (χ2v) is 7.89.